The number of nitrogens with zero attached hydrogens (tertiary/aromatic N) is 5. The molecule has 1 N–H and O–H groups in total. The highest BCUT2D eigenvalue weighted by Crippen LogP contribution is 2.31. The monoisotopic (exact) mass is 474 g/mol. The Hall–Kier alpha value is -3.47. The number of fused-ring (bicyclic) bond motifs is 1. The molecule has 0 spiro atoms. The molecular formula is C23H25F3N6O2. The van der Waals surface area contributed by atoms with E-state index in [1.807, 2.05) is 11.9 Å². The summed E-state index contributed by atoms with van der Waals surface area (Å²) in [4.78, 5) is 37.8. The zero-order valence-corrected chi connectivity index (χ0v) is 19.3. The number of pyridine rings is 1. The van der Waals surface area contributed by atoms with Gasteiger partial charge in [-0.3, -0.25) is 19.1 Å². The summed E-state index contributed by atoms with van der Waals surface area (Å²) in [6.07, 6.45) is -2.94. The maximum absolute atomic E-state index is 14.7. The van der Waals surface area contributed by atoms with Crippen LogP contribution in [0.25, 0.3) is 11.0 Å². The van der Waals surface area contributed by atoms with Crippen molar-refractivity contribution in [2.24, 2.45) is 7.05 Å². The third kappa shape index (κ3) is 4.23. The quantitative estimate of drug-likeness (QED) is 0.612. The first-order chi connectivity index (χ1) is 16.1. The van der Waals surface area contributed by atoms with Crippen LogP contribution in [-0.2, 0) is 11.8 Å². The van der Waals surface area contributed by atoms with Gasteiger partial charge >= 0.3 is 0 Å². The number of aromatic nitrogens is 3. The molecule has 0 radical (unpaired) electrons. The molecule has 1 atom stereocenters. The van der Waals surface area contributed by atoms with Gasteiger partial charge in [0.25, 0.3) is 12.0 Å². The Balaban J connectivity index is 1.81. The number of benzene rings is 1. The smallest absolute Gasteiger partial charge is 0.275 e. The lowest BCUT2D eigenvalue weighted by molar-refractivity contribution is -0.120. The normalized spacial score (nSPS) is 15.9. The van der Waals surface area contributed by atoms with Crippen LogP contribution < -0.4 is 15.8 Å². The van der Waals surface area contributed by atoms with Crippen LogP contribution in [-0.4, -0.2) is 52.0 Å². The van der Waals surface area contributed by atoms with E-state index in [1.165, 1.54) is 21.6 Å². The topological polar surface area (TPSA) is 83.4 Å². The lowest BCUT2D eigenvalue weighted by Crippen LogP contribution is -2.50. The third-order valence-corrected chi connectivity index (χ3v) is 5.98. The number of hydrogen-bond donors (Lipinski definition) is 1. The Morgan fingerprint density at radius 1 is 1.09 bits per heavy atom. The predicted molar refractivity (Wildman–Crippen MR) is 123 cm³/mol. The van der Waals surface area contributed by atoms with Gasteiger partial charge in [0.05, 0.1) is 23.5 Å². The summed E-state index contributed by atoms with van der Waals surface area (Å²) < 4.78 is 42.4. The zero-order chi connectivity index (χ0) is 24.7. The number of likely N-dealkylation sites (N-methyl/N-ethyl adjacent to an activating group) is 1. The van der Waals surface area contributed by atoms with E-state index in [0.717, 1.165) is 6.07 Å². The lowest BCUT2D eigenvalue weighted by Gasteiger charge is -2.32. The zero-order valence-electron chi connectivity index (χ0n) is 19.3. The largest absolute Gasteiger partial charge is 0.363 e. The summed E-state index contributed by atoms with van der Waals surface area (Å²) in [5.41, 5.74) is -0.464. The minimum absolute atomic E-state index is 0.0569. The fourth-order valence-electron chi connectivity index (χ4n) is 4.12. The predicted octanol–water partition coefficient (Wildman–Crippen LogP) is 3.17. The molecule has 1 aliphatic heterocycles. The van der Waals surface area contributed by atoms with Crippen LogP contribution in [0.5, 0.6) is 0 Å². The Morgan fingerprint density at radius 3 is 2.47 bits per heavy atom. The first kappa shape index (κ1) is 23.7. The summed E-state index contributed by atoms with van der Waals surface area (Å²) >= 11 is 0. The molecule has 180 valence electrons. The van der Waals surface area contributed by atoms with Gasteiger partial charge in [-0.25, -0.2) is 23.1 Å². The summed E-state index contributed by atoms with van der Waals surface area (Å²) in [6, 6.07) is 4.69. The van der Waals surface area contributed by atoms with Crippen LogP contribution in [0.2, 0.25) is 0 Å². The van der Waals surface area contributed by atoms with E-state index in [4.69, 9.17) is 0 Å². The molecule has 0 bridgehead atoms. The van der Waals surface area contributed by atoms with Gasteiger partial charge in [0.2, 0.25) is 5.91 Å². The minimum Gasteiger partial charge on any atom is -0.363 e. The van der Waals surface area contributed by atoms with E-state index in [9.17, 15) is 22.8 Å². The maximum Gasteiger partial charge on any atom is 0.275 e. The van der Waals surface area contributed by atoms with E-state index >= 15 is 0 Å². The molecule has 1 amide bonds. The van der Waals surface area contributed by atoms with Crippen LogP contribution in [0.3, 0.4) is 0 Å². The minimum atomic E-state index is -2.94. The van der Waals surface area contributed by atoms with Crippen molar-refractivity contribution in [1.82, 2.24) is 19.4 Å². The van der Waals surface area contributed by atoms with E-state index < -0.39 is 23.8 Å². The number of halogens is 3. The molecule has 34 heavy (non-hydrogen) atoms. The standard InChI is InChI=1S/C23H25F3N6O2/c1-12(14-6-5-7-15(19(14)24)20(25)26)27-21-16-10-17(32-9-8-30(3)11-18(32)33)23(34)31(4)22(16)29-13(2)28-21/h5-7,10,12,20H,8-9,11H2,1-4H3,(H,27,28,29)/t12-/m1/s1. The van der Waals surface area contributed by atoms with Gasteiger partial charge in [-0.15, -0.1) is 0 Å². The second kappa shape index (κ2) is 9.05. The molecular weight excluding hydrogens is 449 g/mol. The number of alkyl halides is 2. The van der Waals surface area contributed by atoms with Crippen molar-refractivity contribution < 1.29 is 18.0 Å². The van der Waals surface area contributed by atoms with Gasteiger partial charge in [0, 0.05) is 25.7 Å². The van der Waals surface area contributed by atoms with E-state index in [1.54, 1.807) is 27.0 Å². The lowest BCUT2D eigenvalue weighted by atomic mass is 10.0. The Morgan fingerprint density at radius 2 is 1.79 bits per heavy atom. The van der Waals surface area contributed by atoms with Gasteiger partial charge in [-0.2, -0.15) is 0 Å². The third-order valence-electron chi connectivity index (χ3n) is 5.98. The average molecular weight is 474 g/mol. The summed E-state index contributed by atoms with van der Waals surface area (Å²) in [5.74, 6) is -0.520. The van der Waals surface area contributed by atoms with E-state index in [-0.39, 0.29) is 29.3 Å². The fraction of sp³-hybridized carbons (Fsp3) is 0.391. The van der Waals surface area contributed by atoms with Gasteiger partial charge in [0.15, 0.2) is 0 Å². The molecule has 1 aliphatic rings. The van der Waals surface area contributed by atoms with Gasteiger partial charge < -0.3 is 10.2 Å². The summed E-state index contributed by atoms with van der Waals surface area (Å²) in [5, 5.41) is 3.53. The fourth-order valence-corrected chi connectivity index (χ4v) is 4.12. The van der Waals surface area contributed by atoms with Crippen molar-refractivity contribution in [2.75, 3.05) is 36.9 Å². The maximum atomic E-state index is 14.7. The van der Waals surface area contributed by atoms with Gasteiger partial charge in [-0.1, -0.05) is 18.2 Å². The Bertz CT molecular complexity index is 1330. The van der Waals surface area contributed by atoms with Gasteiger partial charge in [0.1, 0.15) is 28.8 Å². The molecule has 1 aromatic carbocycles. The molecule has 3 aromatic rings. The number of aryl methyl sites for hydroxylation is 2. The van der Waals surface area contributed by atoms with Crippen molar-refractivity contribution in [3.05, 3.63) is 57.4 Å². The molecule has 0 unspecified atom stereocenters. The van der Waals surface area contributed by atoms with Crippen molar-refractivity contribution in [2.45, 2.75) is 26.3 Å². The summed E-state index contributed by atoms with van der Waals surface area (Å²) in [6.45, 7) is 4.43. The van der Waals surface area contributed by atoms with Crippen molar-refractivity contribution >= 4 is 28.4 Å². The van der Waals surface area contributed by atoms with Crippen LogP contribution in [0.4, 0.5) is 24.7 Å². The first-order valence-corrected chi connectivity index (χ1v) is 10.8. The Labute approximate surface area is 194 Å². The molecule has 1 fully saturated rings. The molecule has 2 aromatic heterocycles. The second-order valence-electron chi connectivity index (χ2n) is 8.45. The molecule has 1 saturated heterocycles. The highest BCUT2D eigenvalue weighted by molar-refractivity contribution is 5.98. The van der Waals surface area contributed by atoms with Crippen molar-refractivity contribution in [3.8, 4) is 0 Å². The number of carbonyl (C=O) groups is 1. The van der Waals surface area contributed by atoms with Crippen LogP contribution in [0.15, 0.2) is 29.1 Å². The van der Waals surface area contributed by atoms with Crippen LogP contribution >= 0.6 is 0 Å². The van der Waals surface area contributed by atoms with Crippen molar-refractivity contribution in [3.63, 3.8) is 0 Å². The number of amides is 1. The average Bonchev–Trinajstić information content (AvgIpc) is 2.77. The van der Waals surface area contributed by atoms with Crippen molar-refractivity contribution in [1.29, 1.82) is 0 Å². The Kier molecular flexibility index (Phi) is 6.30. The molecule has 0 aliphatic carbocycles. The molecule has 11 heteroatoms. The molecule has 0 saturated carbocycles. The number of nitrogens with one attached hydrogen (secondary N) is 1. The second-order valence-corrected chi connectivity index (χ2v) is 8.45. The first-order valence-electron chi connectivity index (χ1n) is 10.8. The molecule has 8 nitrogen and oxygen atoms in total. The van der Waals surface area contributed by atoms with Gasteiger partial charge in [-0.05, 0) is 27.0 Å². The number of piperazine rings is 1. The number of anilines is 2. The SMILES string of the molecule is Cc1nc(N[C@H](C)c2cccc(C(F)F)c2F)c2cc(N3CCN(C)CC3=O)c(=O)n(C)c2n1. The number of hydrogen-bond acceptors (Lipinski definition) is 6. The van der Waals surface area contributed by atoms with E-state index in [2.05, 4.69) is 15.3 Å². The molecule has 3 heterocycles. The highest BCUT2D eigenvalue weighted by atomic mass is 19.3. The van der Waals surface area contributed by atoms with Crippen LogP contribution in [0, 0.1) is 12.7 Å². The van der Waals surface area contributed by atoms with E-state index in [0.29, 0.717) is 35.8 Å². The summed E-state index contributed by atoms with van der Waals surface area (Å²) in [7, 11) is 3.38. The van der Waals surface area contributed by atoms with Crippen LogP contribution in [0.1, 0.15) is 36.3 Å². The highest BCUT2D eigenvalue weighted by Gasteiger charge is 2.27. The number of carbonyl (C=O) groups excluding carboxylic acids is 1. The number of rotatable bonds is 5. The molecule has 4 rings (SSSR count).